The van der Waals surface area contributed by atoms with E-state index in [-0.39, 0.29) is 0 Å². The lowest BCUT2D eigenvalue weighted by Gasteiger charge is -2.19. The van der Waals surface area contributed by atoms with Crippen molar-refractivity contribution < 1.29 is 0 Å². The molecule has 3 rings (SSSR count). The number of aromatic nitrogens is 1. The van der Waals surface area contributed by atoms with E-state index in [1.807, 2.05) is 13.2 Å². The third-order valence-corrected chi connectivity index (χ3v) is 3.44. The monoisotopic (exact) mass is 239 g/mol. The average molecular weight is 239 g/mol. The molecule has 3 nitrogen and oxygen atoms in total. The van der Waals surface area contributed by atoms with Crippen LogP contribution in [0.15, 0.2) is 42.6 Å². The Morgan fingerprint density at radius 2 is 2.17 bits per heavy atom. The Labute approximate surface area is 107 Å². The molecule has 92 valence electrons. The van der Waals surface area contributed by atoms with Gasteiger partial charge in [-0.1, -0.05) is 18.2 Å². The minimum Gasteiger partial charge on any atom is -0.373 e. The van der Waals surface area contributed by atoms with Crippen LogP contribution in [0.25, 0.3) is 0 Å². The summed E-state index contributed by atoms with van der Waals surface area (Å²) in [6.45, 7) is 2.06. The molecule has 0 aliphatic carbocycles. The lowest BCUT2D eigenvalue weighted by molar-refractivity contribution is 0.835. The molecule has 3 heteroatoms. The van der Waals surface area contributed by atoms with Gasteiger partial charge in [0.25, 0.3) is 0 Å². The normalized spacial score (nSPS) is 13.5. The van der Waals surface area contributed by atoms with E-state index in [1.54, 1.807) is 0 Å². The van der Waals surface area contributed by atoms with Gasteiger partial charge in [0.1, 0.15) is 5.82 Å². The number of nitrogens with one attached hydrogen (secondary N) is 1. The molecule has 0 amide bonds. The molecular weight excluding hydrogens is 222 g/mol. The number of hydrogen-bond donors (Lipinski definition) is 1. The summed E-state index contributed by atoms with van der Waals surface area (Å²) in [7, 11) is 1.90. The van der Waals surface area contributed by atoms with Gasteiger partial charge in [0.05, 0.1) is 0 Å². The molecule has 1 N–H and O–H groups in total. The Balaban J connectivity index is 1.82. The Morgan fingerprint density at radius 3 is 3.06 bits per heavy atom. The van der Waals surface area contributed by atoms with Crippen LogP contribution in [0.4, 0.5) is 11.5 Å². The van der Waals surface area contributed by atoms with E-state index < -0.39 is 0 Å². The Bertz CT molecular complexity index is 551. The minimum absolute atomic E-state index is 0.931. The molecule has 2 aromatic rings. The molecule has 0 spiro atoms. The Kier molecular flexibility index (Phi) is 2.89. The van der Waals surface area contributed by atoms with Gasteiger partial charge in [0.15, 0.2) is 0 Å². The Morgan fingerprint density at radius 1 is 1.28 bits per heavy atom. The van der Waals surface area contributed by atoms with Gasteiger partial charge in [-0.15, -0.1) is 0 Å². The van der Waals surface area contributed by atoms with E-state index in [0.29, 0.717) is 0 Å². The molecule has 0 saturated heterocycles. The molecule has 1 aliphatic heterocycles. The minimum atomic E-state index is 0.931. The zero-order valence-electron chi connectivity index (χ0n) is 10.6. The van der Waals surface area contributed by atoms with E-state index in [1.165, 1.54) is 16.8 Å². The van der Waals surface area contributed by atoms with Gasteiger partial charge in [0.2, 0.25) is 0 Å². The maximum atomic E-state index is 4.25. The molecule has 0 unspecified atom stereocenters. The number of hydrogen-bond acceptors (Lipinski definition) is 3. The zero-order chi connectivity index (χ0) is 12.4. The van der Waals surface area contributed by atoms with Gasteiger partial charge in [-0.2, -0.15) is 0 Å². The largest absolute Gasteiger partial charge is 0.373 e. The summed E-state index contributed by atoms with van der Waals surface area (Å²) in [5.74, 6) is 0.931. The van der Waals surface area contributed by atoms with Crippen LogP contribution in [-0.4, -0.2) is 18.6 Å². The predicted molar refractivity (Wildman–Crippen MR) is 75.0 cm³/mol. The number of rotatable bonds is 3. The van der Waals surface area contributed by atoms with Crippen LogP contribution < -0.4 is 10.2 Å². The van der Waals surface area contributed by atoms with Crippen molar-refractivity contribution in [1.29, 1.82) is 0 Å². The highest BCUT2D eigenvalue weighted by molar-refractivity contribution is 5.58. The maximum absolute atomic E-state index is 4.25. The van der Waals surface area contributed by atoms with E-state index in [9.17, 15) is 0 Å². The van der Waals surface area contributed by atoms with Gasteiger partial charge in [-0.25, -0.2) is 4.98 Å². The molecule has 0 saturated carbocycles. The smallest absolute Gasteiger partial charge is 0.125 e. The molecule has 18 heavy (non-hydrogen) atoms. The van der Waals surface area contributed by atoms with Gasteiger partial charge in [-0.05, 0) is 35.7 Å². The first-order chi connectivity index (χ1) is 8.86. The van der Waals surface area contributed by atoms with Crippen LogP contribution in [0, 0.1) is 0 Å². The number of para-hydroxylation sites is 1. The van der Waals surface area contributed by atoms with Crippen LogP contribution in [0.1, 0.15) is 11.1 Å². The first-order valence-corrected chi connectivity index (χ1v) is 6.32. The quantitative estimate of drug-likeness (QED) is 0.892. The highest BCUT2D eigenvalue weighted by atomic mass is 15.1. The highest BCUT2D eigenvalue weighted by Crippen LogP contribution is 2.28. The second-order valence-electron chi connectivity index (χ2n) is 4.60. The number of pyridine rings is 1. The van der Waals surface area contributed by atoms with Crippen molar-refractivity contribution in [3.05, 3.63) is 53.7 Å². The molecule has 0 fully saturated rings. The summed E-state index contributed by atoms with van der Waals surface area (Å²) in [5, 5.41) is 3.08. The van der Waals surface area contributed by atoms with Crippen LogP contribution in [0.2, 0.25) is 0 Å². The third kappa shape index (κ3) is 2.04. The maximum Gasteiger partial charge on any atom is 0.125 e. The summed E-state index contributed by atoms with van der Waals surface area (Å²) in [4.78, 5) is 6.68. The summed E-state index contributed by atoms with van der Waals surface area (Å²) in [6, 6.07) is 12.9. The molecule has 0 bridgehead atoms. The lowest BCUT2D eigenvalue weighted by atomic mass is 10.2. The molecule has 0 atom stereocenters. The number of nitrogens with zero attached hydrogens (tertiary/aromatic N) is 2. The SMILES string of the molecule is CNc1cc(CN2CCc3ccccc32)ccn1. The molecular formula is C15H17N3. The molecule has 1 aromatic heterocycles. The van der Waals surface area contributed by atoms with Crippen LogP contribution >= 0.6 is 0 Å². The first kappa shape index (κ1) is 11.1. The van der Waals surface area contributed by atoms with Gasteiger partial charge in [-0.3, -0.25) is 0 Å². The summed E-state index contributed by atoms with van der Waals surface area (Å²) < 4.78 is 0. The van der Waals surface area contributed by atoms with Crippen molar-refractivity contribution in [2.24, 2.45) is 0 Å². The summed E-state index contributed by atoms with van der Waals surface area (Å²) >= 11 is 0. The van der Waals surface area contributed by atoms with Gasteiger partial charge in [0, 0.05) is 32.0 Å². The third-order valence-electron chi connectivity index (χ3n) is 3.44. The van der Waals surface area contributed by atoms with Crippen molar-refractivity contribution in [3.8, 4) is 0 Å². The number of anilines is 2. The Hall–Kier alpha value is -2.03. The average Bonchev–Trinajstić information content (AvgIpc) is 2.83. The fourth-order valence-electron chi connectivity index (χ4n) is 2.50. The second kappa shape index (κ2) is 4.69. The molecule has 1 aliphatic rings. The van der Waals surface area contributed by atoms with Crippen LogP contribution in [0.5, 0.6) is 0 Å². The van der Waals surface area contributed by atoms with Crippen molar-refractivity contribution >= 4 is 11.5 Å². The van der Waals surface area contributed by atoms with Gasteiger partial charge >= 0.3 is 0 Å². The molecule has 0 radical (unpaired) electrons. The van der Waals surface area contributed by atoms with Crippen molar-refractivity contribution in [3.63, 3.8) is 0 Å². The van der Waals surface area contributed by atoms with Crippen LogP contribution in [0.3, 0.4) is 0 Å². The van der Waals surface area contributed by atoms with Crippen molar-refractivity contribution in [2.45, 2.75) is 13.0 Å². The molecule has 1 aromatic carbocycles. The number of benzene rings is 1. The second-order valence-corrected chi connectivity index (χ2v) is 4.60. The molecule has 2 heterocycles. The predicted octanol–water partition coefficient (Wildman–Crippen LogP) is 2.69. The van der Waals surface area contributed by atoms with Crippen molar-refractivity contribution in [2.75, 3.05) is 23.8 Å². The lowest BCUT2D eigenvalue weighted by Crippen LogP contribution is -2.19. The van der Waals surface area contributed by atoms with E-state index in [0.717, 1.165) is 25.3 Å². The fraction of sp³-hybridized carbons (Fsp3) is 0.267. The zero-order valence-corrected chi connectivity index (χ0v) is 10.6. The van der Waals surface area contributed by atoms with Gasteiger partial charge < -0.3 is 10.2 Å². The van der Waals surface area contributed by atoms with Crippen LogP contribution in [-0.2, 0) is 13.0 Å². The first-order valence-electron chi connectivity index (χ1n) is 6.32. The number of fused-ring (bicyclic) bond motifs is 1. The standard InChI is InChI=1S/C15H17N3/c1-16-15-10-12(6-8-17-15)11-18-9-7-13-4-2-3-5-14(13)18/h2-6,8,10H,7,9,11H2,1H3,(H,16,17). The van der Waals surface area contributed by atoms with E-state index >= 15 is 0 Å². The fourth-order valence-corrected chi connectivity index (χ4v) is 2.50. The topological polar surface area (TPSA) is 28.2 Å². The van der Waals surface area contributed by atoms with E-state index in [2.05, 4.69) is 51.6 Å². The highest BCUT2D eigenvalue weighted by Gasteiger charge is 2.18. The van der Waals surface area contributed by atoms with Crippen molar-refractivity contribution in [1.82, 2.24) is 4.98 Å². The van der Waals surface area contributed by atoms with E-state index in [4.69, 9.17) is 0 Å². The summed E-state index contributed by atoms with van der Waals surface area (Å²) in [5.41, 5.74) is 4.13. The summed E-state index contributed by atoms with van der Waals surface area (Å²) in [6.07, 6.45) is 3.02.